The first kappa shape index (κ1) is 17.6. The molecule has 2 amide bonds. The van der Waals surface area contributed by atoms with Crippen LogP contribution in [0.4, 0.5) is 11.4 Å². The topological polar surface area (TPSA) is 79.5 Å². The minimum Gasteiger partial charge on any atom is -0.339 e. The maximum absolute atomic E-state index is 13.1. The van der Waals surface area contributed by atoms with Crippen LogP contribution in [-0.4, -0.2) is 35.0 Å². The maximum Gasteiger partial charge on any atom is 0.232 e. The summed E-state index contributed by atoms with van der Waals surface area (Å²) in [5.41, 5.74) is 3.67. The Morgan fingerprint density at radius 2 is 2.03 bits per heavy atom. The Labute approximate surface area is 167 Å². The minimum atomic E-state index is -0.343. The second-order valence-electron chi connectivity index (χ2n) is 7.46. The van der Waals surface area contributed by atoms with Gasteiger partial charge in [0.05, 0.1) is 5.92 Å². The van der Waals surface area contributed by atoms with E-state index in [1.807, 2.05) is 47.4 Å². The molecule has 2 aliphatic heterocycles. The number of benzene rings is 2. The van der Waals surface area contributed by atoms with Gasteiger partial charge in [-0.3, -0.25) is 9.59 Å². The fourth-order valence-electron chi connectivity index (χ4n) is 4.14. The summed E-state index contributed by atoms with van der Waals surface area (Å²) >= 11 is 0. The summed E-state index contributed by atoms with van der Waals surface area (Å²) in [5, 5.41) is 3.94. The van der Waals surface area contributed by atoms with Crippen molar-refractivity contribution in [3.05, 3.63) is 60.0 Å². The highest BCUT2D eigenvalue weighted by Gasteiger charge is 2.39. The number of hydrogen-bond donors (Lipinski definition) is 0. The van der Waals surface area contributed by atoms with E-state index >= 15 is 0 Å². The van der Waals surface area contributed by atoms with Crippen LogP contribution >= 0.6 is 0 Å². The van der Waals surface area contributed by atoms with Gasteiger partial charge in [-0.05, 0) is 30.2 Å². The molecule has 1 saturated heterocycles. The van der Waals surface area contributed by atoms with Crippen molar-refractivity contribution in [2.24, 2.45) is 5.92 Å². The van der Waals surface area contributed by atoms with Crippen LogP contribution in [0.15, 0.2) is 53.1 Å². The van der Waals surface area contributed by atoms with E-state index in [1.54, 1.807) is 11.8 Å². The van der Waals surface area contributed by atoms with E-state index in [9.17, 15) is 9.59 Å². The molecule has 5 rings (SSSR count). The van der Waals surface area contributed by atoms with Crippen LogP contribution in [0, 0.1) is 12.8 Å². The molecule has 3 aromatic rings. The Kier molecular flexibility index (Phi) is 4.16. The van der Waals surface area contributed by atoms with Crippen molar-refractivity contribution >= 4 is 23.2 Å². The van der Waals surface area contributed by atoms with Gasteiger partial charge in [0, 0.05) is 43.4 Å². The molecule has 1 unspecified atom stereocenters. The number of amides is 2. The Balaban J connectivity index is 1.37. The quantitative estimate of drug-likeness (QED) is 0.689. The van der Waals surface area contributed by atoms with Gasteiger partial charge in [0.1, 0.15) is 0 Å². The van der Waals surface area contributed by atoms with Crippen LogP contribution in [0.3, 0.4) is 0 Å². The van der Waals surface area contributed by atoms with Crippen molar-refractivity contribution in [1.29, 1.82) is 0 Å². The Morgan fingerprint density at radius 3 is 2.86 bits per heavy atom. The van der Waals surface area contributed by atoms with Gasteiger partial charge >= 0.3 is 0 Å². The summed E-state index contributed by atoms with van der Waals surface area (Å²) in [6, 6.07) is 15.4. The Bertz CT molecular complexity index is 1110. The molecule has 7 nitrogen and oxygen atoms in total. The normalized spacial score (nSPS) is 18.4. The summed E-state index contributed by atoms with van der Waals surface area (Å²) < 4.78 is 5.05. The second kappa shape index (κ2) is 6.84. The van der Waals surface area contributed by atoms with E-state index in [2.05, 4.69) is 16.2 Å². The molecule has 29 heavy (non-hydrogen) atoms. The van der Waals surface area contributed by atoms with E-state index in [0.717, 1.165) is 23.4 Å². The number of carbonyl (C=O) groups excluding carboxylic acids is 2. The van der Waals surface area contributed by atoms with Gasteiger partial charge in [0.2, 0.25) is 23.5 Å². The molecule has 1 atom stereocenters. The molecule has 0 N–H and O–H groups in total. The molecule has 146 valence electrons. The van der Waals surface area contributed by atoms with Gasteiger partial charge in [0.25, 0.3) is 0 Å². The van der Waals surface area contributed by atoms with Crippen molar-refractivity contribution in [3.8, 4) is 11.4 Å². The van der Waals surface area contributed by atoms with E-state index in [-0.39, 0.29) is 24.2 Å². The third-order valence-corrected chi connectivity index (χ3v) is 5.57. The fourth-order valence-corrected chi connectivity index (χ4v) is 4.14. The summed E-state index contributed by atoms with van der Waals surface area (Å²) in [4.78, 5) is 33.6. The lowest BCUT2D eigenvalue weighted by Crippen LogP contribution is -2.36. The molecule has 7 heteroatoms. The van der Waals surface area contributed by atoms with Gasteiger partial charge in [0.15, 0.2) is 0 Å². The van der Waals surface area contributed by atoms with Gasteiger partial charge in [-0.15, -0.1) is 0 Å². The first-order chi connectivity index (χ1) is 14.1. The minimum absolute atomic E-state index is 0.0238. The van der Waals surface area contributed by atoms with Crippen molar-refractivity contribution < 1.29 is 14.1 Å². The SMILES string of the molecule is Cc1nc(-c2cccc(N3CC(C(=O)N4CCc5ccccc54)CC3=O)c2)no1. The molecule has 0 radical (unpaired) electrons. The number of nitrogens with zero attached hydrogens (tertiary/aromatic N) is 4. The monoisotopic (exact) mass is 388 g/mol. The van der Waals surface area contributed by atoms with Crippen LogP contribution in [0.2, 0.25) is 0 Å². The van der Waals surface area contributed by atoms with Crippen LogP contribution < -0.4 is 9.80 Å². The number of para-hydroxylation sites is 1. The molecule has 0 bridgehead atoms. The number of aryl methyl sites for hydroxylation is 1. The summed E-state index contributed by atoms with van der Waals surface area (Å²) in [5.74, 6) is 0.606. The highest BCUT2D eigenvalue weighted by Crippen LogP contribution is 2.33. The molecule has 2 aromatic carbocycles. The molecular formula is C22H20N4O3. The largest absolute Gasteiger partial charge is 0.339 e. The Morgan fingerprint density at radius 1 is 1.17 bits per heavy atom. The van der Waals surface area contributed by atoms with Crippen molar-refractivity contribution in [2.45, 2.75) is 19.8 Å². The highest BCUT2D eigenvalue weighted by atomic mass is 16.5. The third-order valence-electron chi connectivity index (χ3n) is 5.57. The number of rotatable bonds is 3. The zero-order valence-electron chi connectivity index (χ0n) is 16.0. The summed E-state index contributed by atoms with van der Waals surface area (Å²) in [6.07, 6.45) is 1.08. The van der Waals surface area contributed by atoms with Crippen molar-refractivity contribution in [2.75, 3.05) is 22.9 Å². The predicted octanol–water partition coefficient (Wildman–Crippen LogP) is 2.99. The average Bonchev–Trinajstić information content (AvgIpc) is 3.45. The molecule has 3 heterocycles. The van der Waals surface area contributed by atoms with Gasteiger partial charge in [-0.2, -0.15) is 4.98 Å². The van der Waals surface area contributed by atoms with Crippen LogP contribution in [-0.2, 0) is 16.0 Å². The zero-order chi connectivity index (χ0) is 20.0. The highest BCUT2D eigenvalue weighted by molar-refractivity contribution is 6.05. The number of aromatic nitrogens is 2. The smallest absolute Gasteiger partial charge is 0.232 e. The molecule has 0 spiro atoms. The lowest BCUT2D eigenvalue weighted by atomic mass is 10.1. The average molecular weight is 388 g/mol. The van der Waals surface area contributed by atoms with Gasteiger partial charge < -0.3 is 14.3 Å². The van der Waals surface area contributed by atoms with E-state index in [0.29, 0.717) is 24.8 Å². The molecular weight excluding hydrogens is 368 g/mol. The van der Waals surface area contributed by atoms with E-state index in [4.69, 9.17) is 4.52 Å². The molecule has 0 saturated carbocycles. The molecule has 1 fully saturated rings. The lowest BCUT2D eigenvalue weighted by molar-refractivity contribution is -0.124. The Hall–Kier alpha value is -3.48. The van der Waals surface area contributed by atoms with Crippen LogP contribution in [0.5, 0.6) is 0 Å². The third kappa shape index (κ3) is 3.08. The molecule has 0 aliphatic carbocycles. The number of hydrogen-bond acceptors (Lipinski definition) is 5. The van der Waals surface area contributed by atoms with Crippen LogP contribution in [0.25, 0.3) is 11.4 Å². The molecule has 2 aliphatic rings. The number of carbonyl (C=O) groups is 2. The second-order valence-corrected chi connectivity index (χ2v) is 7.46. The van der Waals surface area contributed by atoms with Gasteiger partial charge in [-0.25, -0.2) is 0 Å². The predicted molar refractivity (Wildman–Crippen MR) is 107 cm³/mol. The summed E-state index contributed by atoms with van der Waals surface area (Å²) in [6.45, 7) is 2.79. The zero-order valence-corrected chi connectivity index (χ0v) is 16.0. The number of anilines is 2. The van der Waals surface area contributed by atoms with Crippen molar-refractivity contribution in [3.63, 3.8) is 0 Å². The maximum atomic E-state index is 13.1. The molecule has 1 aromatic heterocycles. The van der Waals surface area contributed by atoms with Gasteiger partial charge in [-0.1, -0.05) is 35.5 Å². The van der Waals surface area contributed by atoms with Crippen LogP contribution in [0.1, 0.15) is 17.9 Å². The first-order valence-electron chi connectivity index (χ1n) is 9.70. The van der Waals surface area contributed by atoms with E-state index in [1.165, 1.54) is 5.56 Å². The van der Waals surface area contributed by atoms with E-state index < -0.39 is 0 Å². The fraction of sp³-hybridized carbons (Fsp3) is 0.273. The van der Waals surface area contributed by atoms with Crippen molar-refractivity contribution in [1.82, 2.24) is 10.1 Å². The number of fused-ring (bicyclic) bond motifs is 1. The first-order valence-corrected chi connectivity index (χ1v) is 9.70. The standard InChI is InChI=1S/C22H20N4O3/c1-14-23-21(24-29-14)16-6-4-7-18(11-16)26-13-17(12-20(26)27)22(28)25-10-9-15-5-2-3-8-19(15)25/h2-8,11,17H,9-10,12-13H2,1H3. The lowest BCUT2D eigenvalue weighted by Gasteiger charge is -2.22. The summed E-state index contributed by atoms with van der Waals surface area (Å²) in [7, 11) is 0.